The number of nitro groups is 1. The van der Waals surface area contributed by atoms with E-state index in [9.17, 15) is 28.9 Å². The van der Waals surface area contributed by atoms with Crippen molar-refractivity contribution in [2.45, 2.75) is 20.0 Å². The van der Waals surface area contributed by atoms with E-state index in [0.29, 0.717) is 16.8 Å². The molecule has 0 bridgehead atoms. The quantitative estimate of drug-likeness (QED) is 0.406. The van der Waals surface area contributed by atoms with E-state index in [4.69, 9.17) is 4.74 Å². The van der Waals surface area contributed by atoms with Crippen molar-refractivity contribution >= 4 is 46.6 Å². The van der Waals surface area contributed by atoms with Crippen LogP contribution in [0.3, 0.4) is 0 Å². The average molecular weight is 454 g/mol. The van der Waals surface area contributed by atoms with Crippen LogP contribution in [0.2, 0.25) is 0 Å². The Hall–Kier alpha value is -4.28. The fraction of sp³-hybridized carbons (Fsp3) is 0.227. The molecule has 2 heterocycles. The zero-order valence-electron chi connectivity index (χ0n) is 17.7. The fourth-order valence-corrected chi connectivity index (χ4v) is 3.75. The number of fused-ring (bicyclic) bond motifs is 1. The number of rotatable bonds is 5. The molecule has 1 atom stereocenters. The molecule has 0 saturated carbocycles. The van der Waals surface area contributed by atoms with Gasteiger partial charge in [0, 0.05) is 35.8 Å². The van der Waals surface area contributed by atoms with Gasteiger partial charge in [-0.2, -0.15) is 0 Å². The van der Waals surface area contributed by atoms with E-state index in [-0.39, 0.29) is 41.5 Å². The van der Waals surface area contributed by atoms with Gasteiger partial charge in [-0.3, -0.25) is 24.6 Å². The zero-order chi connectivity index (χ0) is 23.9. The van der Waals surface area contributed by atoms with Crippen molar-refractivity contribution in [2.75, 3.05) is 23.3 Å². The van der Waals surface area contributed by atoms with Crippen LogP contribution in [0.1, 0.15) is 23.6 Å². The van der Waals surface area contributed by atoms with Crippen molar-refractivity contribution in [2.24, 2.45) is 0 Å². The van der Waals surface area contributed by atoms with Crippen LogP contribution in [0.4, 0.5) is 26.2 Å². The van der Waals surface area contributed by atoms with Crippen LogP contribution in [0.25, 0.3) is 11.6 Å². The molecule has 2 N–H and O–H groups in total. The van der Waals surface area contributed by atoms with Crippen LogP contribution in [0.5, 0.6) is 0 Å². The second-order valence-electron chi connectivity index (χ2n) is 7.71. The highest BCUT2D eigenvalue weighted by atomic mass is 19.1. The van der Waals surface area contributed by atoms with E-state index in [0.717, 1.165) is 6.07 Å². The summed E-state index contributed by atoms with van der Waals surface area (Å²) in [5, 5.41) is 16.4. The number of carbonyl (C=O) groups excluding carboxylic acids is 3. The zero-order valence-corrected chi connectivity index (χ0v) is 17.7. The first-order chi connectivity index (χ1) is 15.6. The summed E-state index contributed by atoms with van der Waals surface area (Å²) in [7, 11) is 0. The van der Waals surface area contributed by atoms with Crippen LogP contribution in [-0.4, -0.2) is 42.0 Å². The predicted octanol–water partition coefficient (Wildman–Crippen LogP) is 3.00. The number of hydrogen-bond acceptors (Lipinski definition) is 6. The van der Waals surface area contributed by atoms with E-state index >= 15 is 0 Å². The third kappa shape index (κ3) is 4.25. The topological polar surface area (TPSA) is 131 Å². The Morgan fingerprint density at radius 1 is 1.36 bits per heavy atom. The maximum Gasteiger partial charge on any atom is 0.414 e. The number of nitrogens with one attached hydrogen (secondary N) is 2. The highest BCUT2D eigenvalue weighted by Crippen LogP contribution is 2.38. The van der Waals surface area contributed by atoms with Crippen molar-refractivity contribution in [3.8, 4) is 0 Å². The lowest BCUT2D eigenvalue weighted by molar-refractivity contribution is -0.384. The summed E-state index contributed by atoms with van der Waals surface area (Å²) in [5.41, 5.74) is 1.53. The van der Waals surface area contributed by atoms with Crippen molar-refractivity contribution in [3.63, 3.8) is 0 Å². The molecular weight excluding hydrogens is 435 g/mol. The van der Waals surface area contributed by atoms with Gasteiger partial charge in [0.2, 0.25) is 5.91 Å². The molecule has 11 heteroatoms. The molecule has 1 saturated heterocycles. The normalized spacial score (nSPS) is 18.2. The second-order valence-corrected chi connectivity index (χ2v) is 7.71. The molecule has 33 heavy (non-hydrogen) atoms. The number of aryl methyl sites for hydroxylation is 1. The number of nitro benzene ring substituents is 1. The average Bonchev–Trinajstić information content (AvgIpc) is 3.28. The van der Waals surface area contributed by atoms with E-state index in [1.165, 1.54) is 42.2 Å². The van der Waals surface area contributed by atoms with Gasteiger partial charge in [0.25, 0.3) is 11.6 Å². The summed E-state index contributed by atoms with van der Waals surface area (Å²) in [5.74, 6) is -1.45. The van der Waals surface area contributed by atoms with Crippen LogP contribution < -0.4 is 15.5 Å². The summed E-state index contributed by atoms with van der Waals surface area (Å²) in [4.78, 5) is 47.6. The molecule has 2 aliphatic rings. The highest BCUT2D eigenvalue weighted by molar-refractivity contribution is 6.35. The van der Waals surface area contributed by atoms with Gasteiger partial charge in [-0.05, 0) is 36.8 Å². The van der Waals surface area contributed by atoms with Gasteiger partial charge < -0.3 is 15.4 Å². The van der Waals surface area contributed by atoms with Gasteiger partial charge in [0.05, 0.1) is 29.4 Å². The van der Waals surface area contributed by atoms with Crippen molar-refractivity contribution in [1.82, 2.24) is 5.32 Å². The summed E-state index contributed by atoms with van der Waals surface area (Å²) in [6, 6.07) is 6.67. The van der Waals surface area contributed by atoms with Gasteiger partial charge >= 0.3 is 6.09 Å². The number of carbonyl (C=O) groups is 3. The summed E-state index contributed by atoms with van der Waals surface area (Å²) in [6.45, 7) is 3.26. The molecular formula is C22H19FN4O6. The van der Waals surface area contributed by atoms with E-state index < -0.39 is 28.8 Å². The minimum atomic E-state index is -0.693. The first kappa shape index (κ1) is 21.9. The molecule has 2 aromatic rings. The van der Waals surface area contributed by atoms with Gasteiger partial charge in [-0.1, -0.05) is 0 Å². The molecule has 2 aromatic carbocycles. The minimum Gasteiger partial charge on any atom is -0.442 e. The number of non-ortho nitro benzene ring substituents is 1. The number of anilines is 2. The third-order valence-corrected chi connectivity index (χ3v) is 5.35. The molecule has 3 amide bonds. The molecule has 10 nitrogen and oxygen atoms in total. The van der Waals surface area contributed by atoms with E-state index in [1.54, 1.807) is 6.92 Å². The van der Waals surface area contributed by atoms with E-state index in [1.807, 2.05) is 0 Å². The number of cyclic esters (lactones) is 1. The number of nitrogens with zero attached hydrogens (tertiary/aromatic N) is 2. The maximum absolute atomic E-state index is 14.9. The Bertz CT molecular complexity index is 1240. The smallest absolute Gasteiger partial charge is 0.414 e. The van der Waals surface area contributed by atoms with Gasteiger partial charge in [-0.25, -0.2) is 9.18 Å². The number of hydrogen-bond donors (Lipinski definition) is 2. The Morgan fingerprint density at radius 2 is 2.12 bits per heavy atom. The third-order valence-electron chi connectivity index (χ3n) is 5.35. The Balaban J connectivity index is 1.61. The van der Waals surface area contributed by atoms with Crippen molar-refractivity contribution < 1.29 is 28.4 Å². The lowest BCUT2D eigenvalue weighted by Gasteiger charge is -2.14. The second kappa shape index (κ2) is 8.34. The SMILES string of the molecule is CC(=O)NC[C@H]1CN(c2ccc(/C=C3/C(=O)Nc4c(C)cc([N+](=O)[O-])cc43)c(F)c2)C(=O)O1. The molecule has 0 aromatic heterocycles. The first-order valence-electron chi connectivity index (χ1n) is 9.98. The molecule has 4 rings (SSSR count). The maximum atomic E-state index is 14.9. The van der Waals surface area contributed by atoms with Crippen LogP contribution in [0.15, 0.2) is 30.3 Å². The predicted molar refractivity (Wildman–Crippen MR) is 117 cm³/mol. The largest absolute Gasteiger partial charge is 0.442 e. The standard InChI is InChI=1S/C22H19FN4O6/c1-11-5-15(27(31)32)7-17-18(21(29)25-20(11)17)6-13-3-4-14(8-19(13)23)26-10-16(33-22(26)30)9-24-12(2)28/h3-8,16H,9-10H2,1-2H3,(H,24,28)(H,25,29)/b18-6+/t16-/m0/s1. The molecule has 0 aliphatic carbocycles. The van der Waals surface area contributed by atoms with Gasteiger partial charge in [0.1, 0.15) is 11.9 Å². The van der Waals surface area contributed by atoms with Gasteiger partial charge in [-0.15, -0.1) is 0 Å². The van der Waals surface area contributed by atoms with Crippen LogP contribution in [-0.2, 0) is 14.3 Å². The summed E-state index contributed by atoms with van der Waals surface area (Å²) in [6.07, 6.45) is 0.0809. The van der Waals surface area contributed by atoms with Crippen molar-refractivity contribution in [3.05, 3.63) is 63.0 Å². The number of halogens is 1. The monoisotopic (exact) mass is 454 g/mol. The van der Waals surface area contributed by atoms with Gasteiger partial charge in [0.15, 0.2) is 0 Å². The number of amides is 3. The number of ether oxygens (including phenoxy) is 1. The van der Waals surface area contributed by atoms with Crippen molar-refractivity contribution in [1.29, 1.82) is 0 Å². The molecule has 170 valence electrons. The van der Waals surface area contributed by atoms with E-state index in [2.05, 4.69) is 10.6 Å². The summed E-state index contributed by atoms with van der Waals surface area (Å²) < 4.78 is 20.1. The number of benzene rings is 2. The first-order valence-corrected chi connectivity index (χ1v) is 9.98. The molecule has 0 unspecified atom stereocenters. The molecule has 1 fully saturated rings. The van der Waals surface area contributed by atoms with Crippen LogP contribution in [0, 0.1) is 22.9 Å². The van der Waals surface area contributed by atoms with Crippen LogP contribution >= 0.6 is 0 Å². The lowest BCUT2D eigenvalue weighted by Crippen LogP contribution is -2.33. The lowest BCUT2D eigenvalue weighted by atomic mass is 10.0. The Morgan fingerprint density at radius 3 is 2.79 bits per heavy atom. The highest BCUT2D eigenvalue weighted by Gasteiger charge is 2.33. The molecule has 2 aliphatic heterocycles. The minimum absolute atomic E-state index is 0.0725. The molecule has 0 radical (unpaired) electrons. The Kier molecular flexibility index (Phi) is 5.54. The fourth-order valence-electron chi connectivity index (χ4n) is 3.75. The molecule has 0 spiro atoms. The Labute approximate surface area is 187 Å². The summed E-state index contributed by atoms with van der Waals surface area (Å²) >= 11 is 0.